The summed E-state index contributed by atoms with van der Waals surface area (Å²) in [4.78, 5) is 0. The molecule has 0 saturated heterocycles. The van der Waals surface area contributed by atoms with Crippen molar-refractivity contribution in [2.75, 3.05) is 6.54 Å². The van der Waals surface area contributed by atoms with Gasteiger partial charge in [0.05, 0.1) is 5.60 Å². The summed E-state index contributed by atoms with van der Waals surface area (Å²) in [6.07, 6.45) is 3.21. The molecule has 3 unspecified atom stereocenters. The highest BCUT2D eigenvalue weighted by Gasteiger charge is 2.73. The van der Waals surface area contributed by atoms with Crippen LogP contribution in [0.3, 0.4) is 0 Å². The van der Waals surface area contributed by atoms with E-state index in [0.29, 0.717) is 12.5 Å². The summed E-state index contributed by atoms with van der Waals surface area (Å²) in [5, 5.41) is 10.5. The molecule has 0 aromatic heterocycles. The molecule has 2 saturated carbocycles. The summed E-state index contributed by atoms with van der Waals surface area (Å²) < 4.78 is 0. The van der Waals surface area contributed by atoms with Crippen molar-refractivity contribution >= 4 is 0 Å². The minimum atomic E-state index is -0.453. The van der Waals surface area contributed by atoms with Crippen LogP contribution in [0, 0.1) is 16.7 Å². The summed E-state index contributed by atoms with van der Waals surface area (Å²) in [6, 6.07) is 0. The topological polar surface area (TPSA) is 46.2 Å². The van der Waals surface area contributed by atoms with Crippen LogP contribution in [0.4, 0.5) is 0 Å². The van der Waals surface area contributed by atoms with Crippen molar-refractivity contribution in [3.8, 4) is 0 Å². The lowest BCUT2D eigenvalue weighted by molar-refractivity contribution is -0.150. The first-order valence-corrected chi connectivity index (χ1v) is 5.32. The Balaban J connectivity index is 2.25. The monoisotopic (exact) mass is 183 g/mol. The second-order valence-corrected chi connectivity index (χ2v) is 5.71. The van der Waals surface area contributed by atoms with E-state index in [9.17, 15) is 5.11 Å². The Labute approximate surface area is 80.5 Å². The molecule has 2 nitrogen and oxygen atoms in total. The summed E-state index contributed by atoms with van der Waals surface area (Å²) in [5.74, 6) is 0.442. The molecule has 0 bridgehead atoms. The molecule has 0 heterocycles. The highest BCUT2D eigenvalue weighted by Crippen LogP contribution is 2.73. The summed E-state index contributed by atoms with van der Waals surface area (Å²) in [6.45, 7) is 7.24. The highest BCUT2D eigenvalue weighted by molar-refractivity contribution is 5.23. The van der Waals surface area contributed by atoms with Gasteiger partial charge in [-0.2, -0.15) is 0 Å². The molecule has 3 atom stereocenters. The summed E-state index contributed by atoms with van der Waals surface area (Å²) in [5.41, 5.74) is 5.67. The molecule has 2 rings (SSSR count). The SMILES string of the molecule is CC1CCC1(O)C1(CN)CC1(C)C. The van der Waals surface area contributed by atoms with Crippen LogP contribution >= 0.6 is 0 Å². The van der Waals surface area contributed by atoms with Gasteiger partial charge in [-0.3, -0.25) is 0 Å². The predicted octanol–water partition coefficient (Wildman–Crippen LogP) is 1.52. The molecule has 13 heavy (non-hydrogen) atoms. The fourth-order valence-electron chi connectivity index (χ4n) is 3.39. The number of hydrogen-bond donors (Lipinski definition) is 2. The molecule has 2 fully saturated rings. The molecule has 0 aromatic rings. The van der Waals surface area contributed by atoms with E-state index in [4.69, 9.17) is 5.73 Å². The van der Waals surface area contributed by atoms with Crippen molar-refractivity contribution in [2.24, 2.45) is 22.5 Å². The van der Waals surface area contributed by atoms with Crippen molar-refractivity contribution in [1.82, 2.24) is 0 Å². The van der Waals surface area contributed by atoms with Crippen molar-refractivity contribution in [2.45, 2.75) is 45.6 Å². The van der Waals surface area contributed by atoms with Crippen LogP contribution in [0.2, 0.25) is 0 Å². The van der Waals surface area contributed by atoms with E-state index < -0.39 is 5.60 Å². The minimum absolute atomic E-state index is 0.0255. The first-order valence-electron chi connectivity index (χ1n) is 5.32. The van der Waals surface area contributed by atoms with Gasteiger partial charge >= 0.3 is 0 Å². The maximum absolute atomic E-state index is 10.5. The molecule has 0 amide bonds. The first-order chi connectivity index (χ1) is 5.90. The van der Waals surface area contributed by atoms with Gasteiger partial charge in [-0.25, -0.2) is 0 Å². The number of hydrogen-bond acceptors (Lipinski definition) is 2. The fourth-order valence-corrected chi connectivity index (χ4v) is 3.39. The van der Waals surface area contributed by atoms with Gasteiger partial charge in [0.1, 0.15) is 0 Å². The quantitative estimate of drug-likeness (QED) is 0.682. The van der Waals surface area contributed by atoms with Gasteiger partial charge in [-0.05, 0) is 30.6 Å². The summed E-state index contributed by atoms with van der Waals surface area (Å²) >= 11 is 0. The Morgan fingerprint density at radius 2 is 2.00 bits per heavy atom. The van der Waals surface area contributed by atoms with E-state index >= 15 is 0 Å². The van der Waals surface area contributed by atoms with Crippen LogP contribution in [-0.4, -0.2) is 17.3 Å². The molecule has 0 spiro atoms. The minimum Gasteiger partial charge on any atom is -0.389 e. The number of rotatable bonds is 2. The maximum atomic E-state index is 10.5. The van der Waals surface area contributed by atoms with Crippen molar-refractivity contribution in [1.29, 1.82) is 0 Å². The molecule has 2 heteroatoms. The van der Waals surface area contributed by atoms with E-state index in [1.165, 1.54) is 0 Å². The average Bonchev–Trinajstić information content (AvgIpc) is 2.66. The van der Waals surface area contributed by atoms with Crippen molar-refractivity contribution < 1.29 is 5.11 Å². The van der Waals surface area contributed by atoms with E-state index in [1.54, 1.807) is 0 Å². The van der Waals surface area contributed by atoms with E-state index in [-0.39, 0.29) is 10.8 Å². The second-order valence-electron chi connectivity index (χ2n) is 5.71. The van der Waals surface area contributed by atoms with E-state index in [2.05, 4.69) is 20.8 Å². The van der Waals surface area contributed by atoms with E-state index in [1.807, 2.05) is 0 Å². The molecule has 0 aromatic carbocycles. The van der Waals surface area contributed by atoms with Crippen LogP contribution in [0.15, 0.2) is 0 Å². The zero-order valence-electron chi connectivity index (χ0n) is 8.93. The molecule has 0 aliphatic heterocycles. The maximum Gasteiger partial charge on any atom is 0.0746 e. The van der Waals surface area contributed by atoms with Gasteiger partial charge in [0.2, 0.25) is 0 Å². The third-order valence-corrected chi connectivity index (χ3v) is 4.87. The molecule has 2 aliphatic carbocycles. The molecule has 76 valence electrons. The molecule has 2 aliphatic rings. The van der Waals surface area contributed by atoms with Crippen LogP contribution in [0.5, 0.6) is 0 Å². The lowest BCUT2D eigenvalue weighted by atomic mass is 9.59. The van der Waals surface area contributed by atoms with Crippen LogP contribution in [0.25, 0.3) is 0 Å². The van der Waals surface area contributed by atoms with Gasteiger partial charge < -0.3 is 10.8 Å². The average molecular weight is 183 g/mol. The standard InChI is InChI=1S/C11H21NO/c1-8-4-5-11(8,13)10(7-12)6-9(10,2)3/h8,13H,4-7,12H2,1-3H3. The smallest absolute Gasteiger partial charge is 0.0746 e. The molecular formula is C11H21NO. The van der Waals surface area contributed by atoms with Gasteiger partial charge in [0.25, 0.3) is 0 Å². The van der Waals surface area contributed by atoms with Gasteiger partial charge in [0.15, 0.2) is 0 Å². The zero-order valence-corrected chi connectivity index (χ0v) is 8.93. The molecule has 0 radical (unpaired) electrons. The summed E-state index contributed by atoms with van der Waals surface area (Å²) in [7, 11) is 0. The Morgan fingerprint density at radius 3 is 2.08 bits per heavy atom. The van der Waals surface area contributed by atoms with Gasteiger partial charge in [0, 0.05) is 12.0 Å². The Kier molecular flexibility index (Phi) is 1.67. The fraction of sp³-hybridized carbons (Fsp3) is 1.00. The Bertz CT molecular complexity index is 238. The Hall–Kier alpha value is -0.0800. The zero-order chi connectivity index (χ0) is 9.91. The predicted molar refractivity (Wildman–Crippen MR) is 53.2 cm³/mol. The molecular weight excluding hydrogens is 162 g/mol. The first kappa shape index (κ1) is 9.47. The van der Waals surface area contributed by atoms with Crippen molar-refractivity contribution in [3.05, 3.63) is 0 Å². The van der Waals surface area contributed by atoms with Gasteiger partial charge in [-0.1, -0.05) is 20.8 Å². The van der Waals surface area contributed by atoms with Crippen LogP contribution < -0.4 is 5.73 Å². The van der Waals surface area contributed by atoms with E-state index in [0.717, 1.165) is 19.3 Å². The van der Waals surface area contributed by atoms with Crippen molar-refractivity contribution in [3.63, 3.8) is 0 Å². The lowest BCUT2D eigenvalue weighted by Gasteiger charge is -2.51. The number of nitrogens with two attached hydrogens (primary N) is 1. The van der Waals surface area contributed by atoms with Gasteiger partial charge in [-0.15, -0.1) is 0 Å². The number of aliphatic hydroxyl groups is 1. The van der Waals surface area contributed by atoms with Crippen LogP contribution in [0.1, 0.15) is 40.0 Å². The Morgan fingerprint density at radius 1 is 1.46 bits per heavy atom. The second kappa shape index (κ2) is 2.29. The normalized spacial score (nSPS) is 52.8. The lowest BCUT2D eigenvalue weighted by Crippen LogP contribution is -2.57. The third-order valence-electron chi connectivity index (χ3n) is 4.87. The molecule has 3 N–H and O–H groups in total. The largest absolute Gasteiger partial charge is 0.389 e. The van der Waals surface area contributed by atoms with Crippen LogP contribution in [-0.2, 0) is 0 Å². The highest BCUT2D eigenvalue weighted by atomic mass is 16.3. The third kappa shape index (κ3) is 0.861.